The van der Waals surface area contributed by atoms with E-state index in [1.54, 1.807) is 13.8 Å². The van der Waals surface area contributed by atoms with E-state index in [2.05, 4.69) is 15.3 Å². The van der Waals surface area contributed by atoms with Crippen LogP contribution >= 0.6 is 0 Å². The van der Waals surface area contributed by atoms with Crippen LogP contribution in [0.25, 0.3) is 0 Å². The van der Waals surface area contributed by atoms with Gasteiger partial charge in [-0.2, -0.15) is 4.98 Å². The fourth-order valence-corrected chi connectivity index (χ4v) is 2.00. The van der Waals surface area contributed by atoms with E-state index < -0.39 is 11.7 Å². The molecule has 0 radical (unpaired) electrons. The lowest BCUT2D eigenvalue weighted by molar-refractivity contribution is -0.137. The minimum atomic E-state index is -0.834. The standard InChI is InChI=1S/C14H21N3O4/c1-8(4-5-13(19)20)7-15-12(18)6-11-9(2)16-14(21)17-10(11)3/h8H,4-7H2,1-3H3,(H,15,18)(H,19,20)(H,16,17,21). The summed E-state index contributed by atoms with van der Waals surface area (Å²) in [4.78, 5) is 39.9. The average Bonchev–Trinajstić information content (AvgIpc) is 2.38. The van der Waals surface area contributed by atoms with Gasteiger partial charge in [0.2, 0.25) is 5.91 Å². The molecule has 1 unspecified atom stereocenters. The van der Waals surface area contributed by atoms with Crippen LogP contribution in [0, 0.1) is 19.8 Å². The Hall–Kier alpha value is -2.18. The van der Waals surface area contributed by atoms with Crippen LogP contribution in [0.5, 0.6) is 0 Å². The predicted molar refractivity (Wildman–Crippen MR) is 77.1 cm³/mol. The van der Waals surface area contributed by atoms with Gasteiger partial charge in [0.15, 0.2) is 0 Å². The lowest BCUT2D eigenvalue weighted by atomic mass is 10.1. The van der Waals surface area contributed by atoms with Gasteiger partial charge >= 0.3 is 11.7 Å². The van der Waals surface area contributed by atoms with Crippen molar-refractivity contribution in [3.05, 3.63) is 27.4 Å². The topological polar surface area (TPSA) is 112 Å². The highest BCUT2D eigenvalue weighted by molar-refractivity contribution is 5.79. The summed E-state index contributed by atoms with van der Waals surface area (Å²) in [6.07, 6.45) is 0.764. The van der Waals surface area contributed by atoms with Crippen LogP contribution in [0.15, 0.2) is 4.79 Å². The van der Waals surface area contributed by atoms with Crippen molar-refractivity contribution in [1.82, 2.24) is 15.3 Å². The summed E-state index contributed by atoms with van der Waals surface area (Å²) in [7, 11) is 0. The molecule has 0 saturated heterocycles. The lowest BCUT2D eigenvalue weighted by Gasteiger charge is -2.12. The number of nitrogens with zero attached hydrogens (tertiary/aromatic N) is 1. The van der Waals surface area contributed by atoms with E-state index in [4.69, 9.17) is 5.11 Å². The third-order valence-corrected chi connectivity index (χ3v) is 3.29. The fourth-order valence-electron chi connectivity index (χ4n) is 2.00. The molecule has 1 aromatic heterocycles. The molecule has 1 amide bonds. The van der Waals surface area contributed by atoms with E-state index in [-0.39, 0.29) is 24.7 Å². The van der Waals surface area contributed by atoms with E-state index in [0.29, 0.717) is 29.9 Å². The summed E-state index contributed by atoms with van der Waals surface area (Å²) >= 11 is 0. The number of hydrogen-bond donors (Lipinski definition) is 3. The molecule has 7 nitrogen and oxygen atoms in total. The molecule has 0 bridgehead atoms. The molecule has 116 valence electrons. The quantitative estimate of drug-likeness (QED) is 0.680. The number of aromatic amines is 1. The molecule has 1 heterocycles. The Labute approximate surface area is 122 Å². The summed E-state index contributed by atoms with van der Waals surface area (Å²) in [5, 5.41) is 11.4. The van der Waals surface area contributed by atoms with Gasteiger partial charge in [-0.05, 0) is 26.2 Å². The number of nitrogens with one attached hydrogen (secondary N) is 2. The molecule has 1 rings (SSSR count). The average molecular weight is 295 g/mol. The molecule has 0 spiro atoms. The van der Waals surface area contributed by atoms with Gasteiger partial charge in [-0.1, -0.05) is 6.92 Å². The Morgan fingerprint density at radius 1 is 1.38 bits per heavy atom. The zero-order chi connectivity index (χ0) is 16.0. The van der Waals surface area contributed by atoms with E-state index in [9.17, 15) is 14.4 Å². The predicted octanol–water partition coefficient (Wildman–Crippen LogP) is 0.546. The van der Waals surface area contributed by atoms with Gasteiger partial charge in [0.05, 0.1) is 6.42 Å². The number of hydrogen-bond acceptors (Lipinski definition) is 4. The van der Waals surface area contributed by atoms with Crippen molar-refractivity contribution in [1.29, 1.82) is 0 Å². The van der Waals surface area contributed by atoms with E-state index in [0.717, 1.165) is 0 Å². The molecular formula is C14H21N3O4. The van der Waals surface area contributed by atoms with Gasteiger partial charge in [-0.25, -0.2) is 4.79 Å². The first-order valence-corrected chi connectivity index (χ1v) is 6.84. The smallest absolute Gasteiger partial charge is 0.345 e. The van der Waals surface area contributed by atoms with Crippen molar-refractivity contribution in [2.75, 3.05) is 6.54 Å². The fraction of sp³-hybridized carbons (Fsp3) is 0.571. The molecule has 0 fully saturated rings. The van der Waals surface area contributed by atoms with E-state index >= 15 is 0 Å². The molecule has 0 saturated carbocycles. The number of carbonyl (C=O) groups is 2. The monoisotopic (exact) mass is 295 g/mol. The maximum absolute atomic E-state index is 11.9. The Morgan fingerprint density at radius 3 is 2.62 bits per heavy atom. The third kappa shape index (κ3) is 5.76. The highest BCUT2D eigenvalue weighted by Gasteiger charge is 2.12. The van der Waals surface area contributed by atoms with Gasteiger partial charge in [-0.3, -0.25) is 9.59 Å². The molecule has 3 N–H and O–H groups in total. The molecular weight excluding hydrogens is 274 g/mol. The Balaban J connectivity index is 2.51. The van der Waals surface area contributed by atoms with Gasteiger partial charge < -0.3 is 15.4 Å². The van der Waals surface area contributed by atoms with Crippen molar-refractivity contribution in [2.45, 2.75) is 40.0 Å². The first-order chi connectivity index (χ1) is 9.79. The summed E-state index contributed by atoms with van der Waals surface area (Å²) in [5.41, 5.74) is 1.48. The number of H-pyrrole nitrogens is 1. The lowest BCUT2D eigenvalue weighted by Crippen LogP contribution is -2.31. The van der Waals surface area contributed by atoms with Crippen LogP contribution in [0.1, 0.15) is 36.7 Å². The number of aromatic nitrogens is 2. The Morgan fingerprint density at radius 2 is 2.05 bits per heavy atom. The van der Waals surface area contributed by atoms with Crippen LogP contribution in [0.2, 0.25) is 0 Å². The first kappa shape index (κ1) is 16.9. The van der Waals surface area contributed by atoms with Crippen LogP contribution in [-0.4, -0.2) is 33.5 Å². The highest BCUT2D eigenvalue weighted by atomic mass is 16.4. The third-order valence-electron chi connectivity index (χ3n) is 3.29. The summed E-state index contributed by atoms with van der Waals surface area (Å²) in [5.74, 6) is -0.906. The Kier molecular flexibility index (Phi) is 6.08. The SMILES string of the molecule is Cc1nc(=O)[nH]c(C)c1CC(=O)NCC(C)CCC(=O)O. The van der Waals surface area contributed by atoms with Crippen molar-refractivity contribution in [3.63, 3.8) is 0 Å². The van der Waals surface area contributed by atoms with Crippen molar-refractivity contribution >= 4 is 11.9 Å². The van der Waals surface area contributed by atoms with Crippen LogP contribution in [0.3, 0.4) is 0 Å². The van der Waals surface area contributed by atoms with Crippen molar-refractivity contribution in [2.24, 2.45) is 5.92 Å². The van der Waals surface area contributed by atoms with Crippen LogP contribution in [-0.2, 0) is 16.0 Å². The first-order valence-electron chi connectivity index (χ1n) is 6.84. The largest absolute Gasteiger partial charge is 0.481 e. The number of carbonyl (C=O) groups excluding carboxylic acids is 1. The molecule has 7 heteroatoms. The molecule has 0 aliphatic heterocycles. The molecule has 1 atom stereocenters. The zero-order valence-electron chi connectivity index (χ0n) is 12.5. The van der Waals surface area contributed by atoms with Gasteiger partial charge in [0.1, 0.15) is 0 Å². The molecule has 21 heavy (non-hydrogen) atoms. The summed E-state index contributed by atoms with van der Waals surface area (Å²) in [6.45, 7) is 5.75. The minimum absolute atomic E-state index is 0.0963. The normalized spacial score (nSPS) is 12.0. The van der Waals surface area contributed by atoms with E-state index in [1.807, 2.05) is 6.92 Å². The Bertz CT molecular complexity index is 554. The number of aryl methyl sites for hydroxylation is 2. The van der Waals surface area contributed by atoms with Gasteiger partial charge in [-0.15, -0.1) is 0 Å². The second kappa shape index (κ2) is 7.56. The number of carboxylic acid groups (broad SMARTS) is 1. The number of aliphatic carboxylic acids is 1. The van der Waals surface area contributed by atoms with Crippen LogP contribution < -0.4 is 11.0 Å². The second-order valence-electron chi connectivity index (χ2n) is 5.25. The van der Waals surface area contributed by atoms with E-state index in [1.165, 1.54) is 0 Å². The highest BCUT2D eigenvalue weighted by Crippen LogP contribution is 2.08. The van der Waals surface area contributed by atoms with Crippen LogP contribution in [0.4, 0.5) is 0 Å². The number of rotatable bonds is 7. The van der Waals surface area contributed by atoms with Crippen molar-refractivity contribution in [3.8, 4) is 0 Å². The summed E-state index contributed by atoms with van der Waals surface area (Å²) in [6, 6.07) is 0. The molecule has 0 aromatic carbocycles. The molecule has 1 aromatic rings. The maximum Gasteiger partial charge on any atom is 0.345 e. The zero-order valence-corrected chi connectivity index (χ0v) is 12.5. The molecule has 0 aliphatic rings. The number of amides is 1. The summed E-state index contributed by atoms with van der Waals surface area (Å²) < 4.78 is 0. The second-order valence-corrected chi connectivity index (χ2v) is 5.25. The number of carboxylic acids is 1. The molecule has 0 aliphatic carbocycles. The minimum Gasteiger partial charge on any atom is -0.481 e. The maximum atomic E-state index is 11.9. The van der Waals surface area contributed by atoms with Gasteiger partial charge in [0.25, 0.3) is 0 Å². The van der Waals surface area contributed by atoms with Crippen molar-refractivity contribution < 1.29 is 14.7 Å². The van der Waals surface area contributed by atoms with Gasteiger partial charge in [0, 0.05) is 29.9 Å².